The minimum absolute atomic E-state index is 0.101. The molecule has 2 rings (SSSR count). The molecule has 5 heteroatoms. The van der Waals surface area contributed by atoms with Crippen LogP contribution in [-0.4, -0.2) is 25.7 Å². The lowest BCUT2D eigenvalue weighted by Gasteiger charge is -2.11. The van der Waals surface area contributed by atoms with E-state index in [-0.39, 0.29) is 12.5 Å². The third kappa shape index (κ3) is 10.8. The molecule has 31 heavy (non-hydrogen) atoms. The SMILES string of the molecule is CCCCCCCOc1ccc(NC(=O)CNc2cccc(OCCC(C)C)c2)cc1. The number of carbonyl (C=O) groups is 1. The van der Waals surface area contributed by atoms with Gasteiger partial charge in [0.05, 0.1) is 19.8 Å². The standard InChI is InChI=1S/C26H38N2O3/c1-4-5-6-7-8-17-30-24-14-12-22(13-15-24)28-26(29)20-27-23-10-9-11-25(19-23)31-18-16-21(2)3/h9-15,19,21,27H,4-8,16-18,20H2,1-3H3,(H,28,29). The highest BCUT2D eigenvalue weighted by Gasteiger charge is 2.04. The first-order valence-electron chi connectivity index (χ1n) is 11.6. The van der Waals surface area contributed by atoms with Crippen molar-refractivity contribution in [3.63, 3.8) is 0 Å². The van der Waals surface area contributed by atoms with Gasteiger partial charge in [0, 0.05) is 17.4 Å². The van der Waals surface area contributed by atoms with Gasteiger partial charge in [0.15, 0.2) is 0 Å². The van der Waals surface area contributed by atoms with Crippen LogP contribution in [0, 0.1) is 5.92 Å². The number of nitrogens with one attached hydrogen (secondary N) is 2. The zero-order valence-electron chi connectivity index (χ0n) is 19.3. The number of unbranched alkanes of at least 4 members (excludes halogenated alkanes) is 4. The second kappa shape index (κ2) is 14.3. The molecule has 1 amide bonds. The molecule has 0 unspecified atom stereocenters. The van der Waals surface area contributed by atoms with E-state index in [1.807, 2.05) is 48.5 Å². The number of hydrogen-bond donors (Lipinski definition) is 2. The van der Waals surface area contributed by atoms with Crippen molar-refractivity contribution in [3.05, 3.63) is 48.5 Å². The van der Waals surface area contributed by atoms with E-state index in [2.05, 4.69) is 31.4 Å². The summed E-state index contributed by atoms with van der Waals surface area (Å²) in [6, 6.07) is 15.2. The molecule has 0 aliphatic rings. The van der Waals surface area contributed by atoms with Gasteiger partial charge in [-0.1, -0.05) is 52.5 Å². The number of carbonyl (C=O) groups excluding carboxylic acids is 1. The van der Waals surface area contributed by atoms with E-state index in [0.717, 1.165) is 42.3 Å². The highest BCUT2D eigenvalue weighted by Crippen LogP contribution is 2.19. The van der Waals surface area contributed by atoms with Gasteiger partial charge in [0.2, 0.25) is 5.91 Å². The van der Waals surface area contributed by atoms with E-state index in [4.69, 9.17) is 9.47 Å². The summed E-state index contributed by atoms with van der Waals surface area (Å²) in [6.45, 7) is 8.19. The summed E-state index contributed by atoms with van der Waals surface area (Å²) in [5.74, 6) is 2.16. The van der Waals surface area contributed by atoms with Crippen LogP contribution in [0.4, 0.5) is 11.4 Å². The molecule has 0 aliphatic carbocycles. The molecular formula is C26H38N2O3. The Kier molecular flexibility index (Phi) is 11.4. The summed E-state index contributed by atoms with van der Waals surface area (Å²) in [6.07, 6.45) is 7.12. The summed E-state index contributed by atoms with van der Waals surface area (Å²) in [5.41, 5.74) is 1.62. The minimum Gasteiger partial charge on any atom is -0.494 e. The van der Waals surface area contributed by atoms with Crippen LogP contribution in [0.2, 0.25) is 0 Å². The van der Waals surface area contributed by atoms with Gasteiger partial charge >= 0.3 is 0 Å². The van der Waals surface area contributed by atoms with Crippen molar-refractivity contribution in [1.82, 2.24) is 0 Å². The fourth-order valence-corrected chi connectivity index (χ4v) is 3.03. The van der Waals surface area contributed by atoms with E-state index < -0.39 is 0 Å². The topological polar surface area (TPSA) is 59.6 Å². The van der Waals surface area contributed by atoms with E-state index in [9.17, 15) is 4.79 Å². The molecule has 0 aliphatic heterocycles. The molecule has 0 bridgehead atoms. The molecule has 0 atom stereocenters. The average molecular weight is 427 g/mol. The van der Waals surface area contributed by atoms with Crippen molar-refractivity contribution in [1.29, 1.82) is 0 Å². The minimum atomic E-state index is -0.101. The Labute approximate surface area is 187 Å². The molecule has 2 aromatic rings. The zero-order valence-corrected chi connectivity index (χ0v) is 19.3. The monoisotopic (exact) mass is 426 g/mol. The lowest BCUT2D eigenvalue weighted by atomic mass is 10.1. The normalized spacial score (nSPS) is 10.7. The first-order valence-corrected chi connectivity index (χ1v) is 11.6. The molecule has 0 heterocycles. The second-order valence-corrected chi connectivity index (χ2v) is 8.25. The van der Waals surface area contributed by atoms with Crippen molar-refractivity contribution < 1.29 is 14.3 Å². The van der Waals surface area contributed by atoms with Gasteiger partial charge in [-0.2, -0.15) is 0 Å². The van der Waals surface area contributed by atoms with Gasteiger partial charge in [-0.3, -0.25) is 4.79 Å². The predicted octanol–water partition coefficient (Wildman–Crippen LogP) is 6.51. The third-order valence-electron chi connectivity index (χ3n) is 4.91. The largest absolute Gasteiger partial charge is 0.494 e. The van der Waals surface area contributed by atoms with Crippen molar-refractivity contribution in [2.75, 3.05) is 30.4 Å². The summed E-state index contributed by atoms with van der Waals surface area (Å²) >= 11 is 0. The maximum Gasteiger partial charge on any atom is 0.243 e. The highest BCUT2D eigenvalue weighted by atomic mass is 16.5. The number of rotatable bonds is 15. The molecule has 0 saturated carbocycles. The molecule has 170 valence electrons. The maximum absolute atomic E-state index is 12.3. The smallest absolute Gasteiger partial charge is 0.243 e. The summed E-state index contributed by atoms with van der Waals surface area (Å²) in [7, 11) is 0. The van der Waals surface area contributed by atoms with Crippen LogP contribution >= 0.6 is 0 Å². The maximum atomic E-state index is 12.3. The lowest BCUT2D eigenvalue weighted by Crippen LogP contribution is -2.21. The van der Waals surface area contributed by atoms with Gasteiger partial charge in [-0.25, -0.2) is 0 Å². The Hall–Kier alpha value is -2.69. The average Bonchev–Trinajstić information content (AvgIpc) is 2.76. The van der Waals surface area contributed by atoms with Gasteiger partial charge in [-0.05, 0) is 55.2 Å². The van der Waals surface area contributed by atoms with Crippen LogP contribution < -0.4 is 20.1 Å². The quantitative estimate of drug-likeness (QED) is 0.319. The van der Waals surface area contributed by atoms with Crippen LogP contribution in [0.25, 0.3) is 0 Å². The fourth-order valence-electron chi connectivity index (χ4n) is 3.03. The molecule has 2 N–H and O–H groups in total. The molecule has 5 nitrogen and oxygen atoms in total. The summed E-state index contributed by atoms with van der Waals surface area (Å²) < 4.78 is 11.5. The Morgan fingerprint density at radius 2 is 1.61 bits per heavy atom. The van der Waals surface area contributed by atoms with E-state index >= 15 is 0 Å². The summed E-state index contributed by atoms with van der Waals surface area (Å²) in [5, 5.41) is 6.05. The van der Waals surface area contributed by atoms with E-state index in [1.165, 1.54) is 25.7 Å². The van der Waals surface area contributed by atoms with Crippen LogP contribution in [0.1, 0.15) is 59.3 Å². The van der Waals surface area contributed by atoms with Crippen LogP contribution in [0.5, 0.6) is 11.5 Å². The van der Waals surface area contributed by atoms with Gasteiger partial charge in [-0.15, -0.1) is 0 Å². The molecule has 0 aromatic heterocycles. The molecule has 0 fully saturated rings. The van der Waals surface area contributed by atoms with Gasteiger partial charge in [0.25, 0.3) is 0 Å². The van der Waals surface area contributed by atoms with Crippen LogP contribution in [0.3, 0.4) is 0 Å². The van der Waals surface area contributed by atoms with Crippen molar-refractivity contribution in [2.24, 2.45) is 5.92 Å². The first kappa shape index (κ1) is 24.6. The highest BCUT2D eigenvalue weighted by molar-refractivity contribution is 5.93. The number of benzene rings is 2. The van der Waals surface area contributed by atoms with Crippen LogP contribution in [-0.2, 0) is 4.79 Å². The lowest BCUT2D eigenvalue weighted by molar-refractivity contribution is -0.114. The number of hydrogen-bond acceptors (Lipinski definition) is 4. The van der Waals surface area contributed by atoms with Gasteiger partial charge in [0.1, 0.15) is 11.5 Å². The van der Waals surface area contributed by atoms with Crippen molar-refractivity contribution >= 4 is 17.3 Å². The Bertz CT molecular complexity index is 760. The first-order chi connectivity index (χ1) is 15.1. The van der Waals surface area contributed by atoms with Crippen molar-refractivity contribution in [2.45, 2.75) is 59.3 Å². The Balaban J connectivity index is 1.69. The number of anilines is 2. The third-order valence-corrected chi connectivity index (χ3v) is 4.91. The molecule has 0 spiro atoms. The number of amides is 1. The predicted molar refractivity (Wildman–Crippen MR) is 129 cm³/mol. The number of ether oxygens (including phenoxy) is 2. The summed E-state index contributed by atoms with van der Waals surface area (Å²) in [4.78, 5) is 12.3. The Morgan fingerprint density at radius 3 is 2.35 bits per heavy atom. The van der Waals surface area contributed by atoms with E-state index in [0.29, 0.717) is 12.5 Å². The Morgan fingerprint density at radius 1 is 0.871 bits per heavy atom. The van der Waals surface area contributed by atoms with Crippen LogP contribution in [0.15, 0.2) is 48.5 Å². The fraction of sp³-hybridized carbons (Fsp3) is 0.500. The molecule has 2 aromatic carbocycles. The molecular weight excluding hydrogens is 388 g/mol. The molecule has 0 saturated heterocycles. The van der Waals surface area contributed by atoms with Crippen molar-refractivity contribution in [3.8, 4) is 11.5 Å². The zero-order chi connectivity index (χ0) is 22.3. The van der Waals surface area contributed by atoms with E-state index in [1.54, 1.807) is 0 Å². The second-order valence-electron chi connectivity index (χ2n) is 8.25. The van der Waals surface area contributed by atoms with Gasteiger partial charge < -0.3 is 20.1 Å². The molecule has 0 radical (unpaired) electrons.